The van der Waals surface area contributed by atoms with E-state index < -0.39 is 6.10 Å². The Bertz CT molecular complexity index is 1030. The summed E-state index contributed by atoms with van der Waals surface area (Å²) >= 11 is 0. The molecule has 1 atom stereocenters. The first-order chi connectivity index (χ1) is 15.2. The minimum absolute atomic E-state index is 0.448. The lowest BCUT2D eigenvalue weighted by Crippen LogP contribution is -2.38. The molecule has 3 aromatic heterocycles. The van der Waals surface area contributed by atoms with E-state index in [-0.39, 0.29) is 0 Å². The maximum atomic E-state index is 9.74. The first-order valence-corrected chi connectivity index (χ1v) is 10.2. The third kappa shape index (κ3) is 5.92. The third-order valence-corrected chi connectivity index (χ3v) is 4.84. The standard InChI is InChI=1S/C22H25N5O4/c1-17(28)22-23-6-7-27(22)16-19-14-20(31-25-19)4-2-18-3-5-21(24-15-18)30-13-10-26-8-11-29-12-9-26/h3,5-7,14-15,17,28H,8-13,16H2,1H3. The molecule has 1 aliphatic rings. The molecular formula is C22H25N5O4. The molecule has 9 heteroatoms. The number of nitrogens with zero attached hydrogens (tertiary/aromatic N) is 5. The van der Waals surface area contributed by atoms with Crippen molar-refractivity contribution in [1.82, 2.24) is 24.6 Å². The smallest absolute Gasteiger partial charge is 0.213 e. The SMILES string of the molecule is CC(O)c1nccn1Cc1cc(C#Cc2ccc(OCCN3CCOCC3)nc2)on1. The topological polar surface area (TPSA) is 98.7 Å². The van der Waals surface area contributed by atoms with Crippen LogP contribution in [0.2, 0.25) is 0 Å². The molecule has 0 radical (unpaired) electrons. The Hall–Kier alpha value is -3.19. The van der Waals surface area contributed by atoms with E-state index >= 15 is 0 Å². The number of ether oxygens (including phenoxy) is 2. The molecule has 0 saturated carbocycles. The van der Waals surface area contributed by atoms with Crippen molar-refractivity contribution in [2.45, 2.75) is 19.6 Å². The molecule has 0 amide bonds. The van der Waals surface area contributed by atoms with Gasteiger partial charge in [0.2, 0.25) is 11.6 Å². The summed E-state index contributed by atoms with van der Waals surface area (Å²) in [5, 5.41) is 13.8. The molecule has 1 fully saturated rings. The van der Waals surface area contributed by atoms with Crippen molar-refractivity contribution in [3.8, 4) is 17.7 Å². The Morgan fingerprint density at radius 3 is 2.87 bits per heavy atom. The van der Waals surface area contributed by atoms with Gasteiger partial charge in [-0.25, -0.2) is 9.97 Å². The van der Waals surface area contributed by atoms with Crippen LogP contribution in [0.4, 0.5) is 0 Å². The highest BCUT2D eigenvalue weighted by Gasteiger charge is 2.11. The van der Waals surface area contributed by atoms with Gasteiger partial charge in [-0.05, 0) is 18.9 Å². The van der Waals surface area contributed by atoms with E-state index in [0.717, 1.165) is 38.4 Å². The first kappa shape index (κ1) is 21.1. The Labute approximate surface area is 180 Å². The molecule has 1 aliphatic heterocycles. The summed E-state index contributed by atoms with van der Waals surface area (Å²) in [5.41, 5.74) is 1.45. The second-order valence-corrected chi connectivity index (χ2v) is 7.21. The summed E-state index contributed by atoms with van der Waals surface area (Å²) in [7, 11) is 0. The molecule has 162 valence electrons. The maximum Gasteiger partial charge on any atom is 0.213 e. The highest BCUT2D eigenvalue weighted by Crippen LogP contribution is 2.13. The van der Waals surface area contributed by atoms with Crippen LogP contribution < -0.4 is 4.74 Å². The molecule has 0 bridgehead atoms. The molecule has 0 aromatic carbocycles. The number of rotatable bonds is 7. The van der Waals surface area contributed by atoms with Crippen LogP contribution in [0.25, 0.3) is 0 Å². The zero-order valence-electron chi connectivity index (χ0n) is 17.4. The Kier molecular flexibility index (Phi) is 6.94. The summed E-state index contributed by atoms with van der Waals surface area (Å²) in [5.74, 6) is 7.58. The van der Waals surface area contributed by atoms with Gasteiger partial charge in [-0.1, -0.05) is 11.1 Å². The Balaban J connectivity index is 1.29. The van der Waals surface area contributed by atoms with Crippen LogP contribution in [0.15, 0.2) is 41.3 Å². The quantitative estimate of drug-likeness (QED) is 0.571. The van der Waals surface area contributed by atoms with Gasteiger partial charge in [0.1, 0.15) is 24.2 Å². The van der Waals surface area contributed by atoms with E-state index in [4.69, 9.17) is 14.0 Å². The summed E-state index contributed by atoms with van der Waals surface area (Å²) in [6.07, 6.45) is 4.46. The van der Waals surface area contributed by atoms with Gasteiger partial charge in [-0.2, -0.15) is 0 Å². The highest BCUT2D eigenvalue weighted by atomic mass is 16.5. The van der Waals surface area contributed by atoms with Crippen LogP contribution in [-0.4, -0.2) is 69.2 Å². The number of aromatic nitrogens is 4. The van der Waals surface area contributed by atoms with Crippen LogP contribution in [0.3, 0.4) is 0 Å². The van der Waals surface area contributed by atoms with Crippen LogP contribution in [-0.2, 0) is 11.3 Å². The molecule has 9 nitrogen and oxygen atoms in total. The minimum Gasteiger partial charge on any atom is -0.476 e. The van der Waals surface area contributed by atoms with Gasteiger partial charge in [0.25, 0.3) is 0 Å². The number of morpholine rings is 1. The van der Waals surface area contributed by atoms with Crippen molar-refractivity contribution < 1.29 is 19.1 Å². The van der Waals surface area contributed by atoms with E-state index in [1.54, 1.807) is 31.6 Å². The highest BCUT2D eigenvalue weighted by molar-refractivity contribution is 5.39. The molecule has 0 aliphatic carbocycles. The lowest BCUT2D eigenvalue weighted by Gasteiger charge is -2.26. The van der Waals surface area contributed by atoms with Crippen molar-refractivity contribution in [2.75, 3.05) is 39.5 Å². The van der Waals surface area contributed by atoms with Crippen LogP contribution in [0.5, 0.6) is 5.88 Å². The predicted molar refractivity (Wildman–Crippen MR) is 111 cm³/mol. The van der Waals surface area contributed by atoms with Crippen molar-refractivity contribution in [3.63, 3.8) is 0 Å². The Morgan fingerprint density at radius 2 is 2.10 bits per heavy atom. The summed E-state index contributed by atoms with van der Waals surface area (Å²) < 4.78 is 18.2. The zero-order valence-corrected chi connectivity index (χ0v) is 17.4. The number of hydrogen-bond acceptors (Lipinski definition) is 8. The van der Waals surface area contributed by atoms with E-state index in [2.05, 4.69) is 31.9 Å². The van der Waals surface area contributed by atoms with Crippen molar-refractivity contribution in [3.05, 3.63) is 59.6 Å². The van der Waals surface area contributed by atoms with Gasteiger partial charge in [0.15, 0.2) is 0 Å². The van der Waals surface area contributed by atoms with E-state index in [1.807, 2.05) is 16.7 Å². The summed E-state index contributed by atoms with van der Waals surface area (Å²) in [4.78, 5) is 10.8. The molecule has 31 heavy (non-hydrogen) atoms. The van der Waals surface area contributed by atoms with Gasteiger partial charge in [0.05, 0.1) is 19.8 Å². The first-order valence-electron chi connectivity index (χ1n) is 10.2. The zero-order chi connectivity index (χ0) is 21.5. The van der Waals surface area contributed by atoms with Crippen LogP contribution >= 0.6 is 0 Å². The number of pyridine rings is 1. The lowest BCUT2D eigenvalue weighted by molar-refractivity contribution is 0.0320. The van der Waals surface area contributed by atoms with Crippen LogP contribution in [0, 0.1) is 11.8 Å². The monoisotopic (exact) mass is 423 g/mol. The number of aliphatic hydroxyl groups excluding tert-OH is 1. The van der Waals surface area contributed by atoms with Gasteiger partial charge < -0.3 is 23.7 Å². The molecule has 4 rings (SSSR count). The van der Waals surface area contributed by atoms with Crippen molar-refractivity contribution in [2.24, 2.45) is 0 Å². The number of hydrogen-bond donors (Lipinski definition) is 1. The third-order valence-electron chi connectivity index (χ3n) is 4.84. The van der Waals surface area contributed by atoms with Crippen LogP contribution in [0.1, 0.15) is 35.9 Å². The molecule has 3 aromatic rings. The number of imidazole rings is 1. The average Bonchev–Trinajstić information content (AvgIpc) is 3.44. The molecular weight excluding hydrogens is 398 g/mol. The second-order valence-electron chi connectivity index (χ2n) is 7.21. The van der Waals surface area contributed by atoms with E-state index in [9.17, 15) is 5.11 Å². The van der Waals surface area contributed by atoms with E-state index in [1.165, 1.54) is 0 Å². The van der Waals surface area contributed by atoms with Gasteiger partial charge in [-0.3, -0.25) is 4.90 Å². The Morgan fingerprint density at radius 1 is 1.23 bits per heavy atom. The molecule has 1 N–H and O–H groups in total. The fourth-order valence-electron chi connectivity index (χ4n) is 3.22. The van der Waals surface area contributed by atoms with Crippen molar-refractivity contribution >= 4 is 0 Å². The molecule has 1 saturated heterocycles. The fraction of sp³-hybridized carbons (Fsp3) is 0.409. The largest absolute Gasteiger partial charge is 0.476 e. The minimum atomic E-state index is -0.653. The summed E-state index contributed by atoms with van der Waals surface area (Å²) in [6, 6.07) is 5.45. The molecule has 1 unspecified atom stereocenters. The summed E-state index contributed by atoms with van der Waals surface area (Å²) in [6.45, 7) is 7.02. The second kappa shape index (κ2) is 10.2. The number of aliphatic hydroxyl groups is 1. The normalized spacial score (nSPS) is 15.3. The van der Waals surface area contributed by atoms with Gasteiger partial charge >= 0.3 is 0 Å². The van der Waals surface area contributed by atoms with Crippen molar-refractivity contribution in [1.29, 1.82) is 0 Å². The maximum absolute atomic E-state index is 9.74. The average molecular weight is 423 g/mol. The molecule has 0 spiro atoms. The molecule has 4 heterocycles. The lowest BCUT2D eigenvalue weighted by atomic mass is 10.2. The van der Waals surface area contributed by atoms with Gasteiger partial charge in [-0.15, -0.1) is 0 Å². The predicted octanol–water partition coefficient (Wildman–Crippen LogP) is 1.48. The fourth-order valence-corrected chi connectivity index (χ4v) is 3.22. The van der Waals surface area contributed by atoms with Gasteiger partial charge in [0, 0.05) is 55.9 Å². The van der Waals surface area contributed by atoms with E-state index in [0.29, 0.717) is 36.3 Å².